The third-order valence-electron chi connectivity index (χ3n) is 2.69. The number of amides is 1. The van der Waals surface area contributed by atoms with Crippen molar-refractivity contribution in [3.8, 4) is 0 Å². The Balaban J connectivity index is 2.18. The van der Waals surface area contributed by atoms with Crippen molar-refractivity contribution in [3.05, 3.63) is 57.8 Å². The number of aromatic nitrogens is 1. The fraction of sp³-hybridized carbons (Fsp3) is 0.143. The van der Waals surface area contributed by atoms with E-state index in [0.29, 0.717) is 11.3 Å². The Morgan fingerprint density at radius 1 is 1.26 bits per heavy atom. The molecular formula is C14H12Cl2N2O. The summed E-state index contributed by atoms with van der Waals surface area (Å²) in [5, 5.41) is 3.27. The van der Waals surface area contributed by atoms with Crippen molar-refractivity contribution in [2.24, 2.45) is 0 Å². The van der Waals surface area contributed by atoms with E-state index < -0.39 is 0 Å². The SMILES string of the molecule is CCc1ccc(NC(=O)c2cc(Cl)ncc2Cl)cc1. The van der Waals surface area contributed by atoms with Crippen LogP contribution in [0.5, 0.6) is 0 Å². The van der Waals surface area contributed by atoms with Crippen molar-refractivity contribution in [1.29, 1.82) is 0 Å². The first kappa shape index (κ1) is 13.8. The normalized spacial score (nSPS) is 10.3. The van der Waals surface area contributed by atoms with E-state index in [4.69, 9.17) is 23.2 Å². The summed E-state index contributed by atoms with van der Waals surface area (Å²) in [5.74, 6) is -0.307. The van der Waals surface area contributed by atoms with Gasteiger partial charge in [-0.25, -0.2) is 4.98 Å². The lowest BCUT2D eigenvalue weighted by Crippen LogP contribution is -2.12. The summed E-state index contributed by atoms with van der Waals surface area (Å²) in [6.07, 6.45) is 2.32. The van der Waals surface area contributed by atoms with Gasteiger partial charge in [0.2, 0.25) is 0 Å². The number of anilines is 1. The Morgan fingerprint density at radius 3 is 2.58 bits per heavy atom. The molecule has 0 saturated heterocycles. The van der Waals surface area contributed by atoms with E-state index in [1.54, 1.807) is 0 Å². The highest BCUT2D eigenvalue weighted by Crippen LogP contribution is 2.20. The molecule has 1 N–H and O–H groups in total. The van der Waals surface area contributed by atoms with Gasteiger partial charge in [0, 0.05) is 11.9 Å². The van der Waals surface area contributed by atoms with Crippen LogP contribution in [0.25, 0.3) is 0 Å². The van der Waals surface area contributed by atoms with Gasteiger partial charge in [-0.05, 0) is 30.2 Å². The summed E-state index contributed by atoms with van der Waals surface area (Å²) < 4.78 is 0. The zero-order valence-corrected chi connectivity index (χ0v) is 11.8. The van der Waals surface area contributed by atoms with Gasteiger partial charge in [-0.3, -0.25) is 4.79 Å². The van der Waals surface area contributed by atoms with Gasteiger partial charge >= 0.3 is 0 Å². The zero-order valence-electron chi connectivity index (χ0n) is 10.3. The molecule has 5 heteroatoms. The molecule has 1 aromatic heterocycles. The van der Waals surface area contributed by atoms with E-state index >= 15 is 0 Å². The van der Waals surface area contributed by atoms with E-state index in [1.807, 2.05) is 24.3 Å². The lowest BCUT2D eigenvalue weighted by Gasteiger charge is -2.07. The van der Waals surface area contributed by atoms with Crippen molar-refractivity contribution in [3.63, 3.8) is 0 Å². The van der Waals surface area contributed by atoms with Gasteiger partial charge in [0.15, 0.2) is 0 Å². The highest BCUT2D eigenvalue weighted by Gasteiger charge is 2.11. The molecule has 2 aromatic rings. The number of nitrogens with zero attached hydrogens (tertiary/aromatic N) is 1. The highest BCUT2D eigenvalue weighted by atomic mass is 35.5. The summed E-state index contributed by atoms with van der Waals surface area (Å²) in [7, 11) is 0. The summed E-state index contributed by atoms with van der Waals surface area (Å²) in [6.45, 7) is 2.08. The second kappa shape index (κ2) is 6.04. The van der Waals surface area contributed by atoms with Gasteiger partial charge in [0.1, 0.15) is 5.15 Å². The van der Waals surface area contributed by atoms with Gasteiger partial charge in [0.25, 0.3) is 5.91 Å². The summed E-state index contributed by atoms with van der Waals surface area (Å²) in [5.41, 5.74) is 2.23. The Morgan fingerprint density at radius 2 is 1.95 bits per heavy atom. The van der Waals surface area contributed by atoms with Crippen LogP contribution in [-0.2, 0) is 6.42 Å². The topological polar surface area (TPSA) is 42.0 Å². The number of hydrogen-bond donors (Lipinski definition) is 1. The molecule has 0 radical (unpaired) electrons. The van der Waals surface area contributed by atoms with E-state index in [0.717, 1.165) is 6.42 Å². The maximum Gasteiger partial charge on any atom is 0.257 e. The number of rotatable bonds is 3. The second-order valence-electron chi connectivity index (χ2n) is 3.99. The van der Waals surface area contributed by atoms with Crippen molar-refractivity contribution in [2.45, 2.75) is 13.3 Å². The van der Waals surface area contributed by atoms with Crippen LogP contribution in [0, 0.1) is 0 Å². The van der Waals surface area contributed by atoms with Crippen molar-refractivity contribution < 1.29 is 4.79 Å². The molecule has 0 atom stereocenters. The standard InChI is InChI=1S/C14H12Cl2N2O/c1-2-9-3-5-10(6-4-9)18-14(19)11-7-13(16)17-8-12(11)15/h3-8H,2H2,1H3,(H,18,19). The molecule has 0 unspecified atom stereocenters. The van der Waals surface area contributed by atoms with Crippen LogP contribution in [0.4, 0.5) is 5.69 Å². The third-order valence-corrected chi connectivity index (χ3v) is 3.19. The van der Waals surface area contributed by atoms with Gasteiger partial charge in [-0.15, -0.1) is 0 Å². The Labute approximate surface area is 121 Å². The van der Waals surface area contributed by atoms with Gasteiger partial charge < -0.3 is 5.32 Å². The van der Waals surface area contributed by atoms with Crippen LogP contribution in [-0.4, -0.2) is 10.9 Å². The molecule has 3 nitrogen and oxygen atoms in total. The first-order valence-corrected chi connectivity index (χ1v) is 6.57. The summed E-state index contributed by atoms with van der Waals surface area (Å²) in [4.78, 5) is 15.9. The molecule has 1 heterocycles. The largest absolute Gasteiger partial charge is 0.322 e. The van der Waals surface area contributed by atoms with E-state index in [9.17, 15) is 4.79 Å². The predicted octanol–water partition coefficient (Wildman–Crippen LogP) is 4.20. The fourth-order valence-electron chi connectivity index (χ4n) is 1.61. The number of benzene rings is 1. The molecule has 0 aliphatic heterocycles. The summed E-state index contributed by atoms with van der Waals surface area (Å²) >= 11 is 11.7. The average Bonchev–Trinajstić information content (AvgIpc) is 2.42. The van der Waals surface area contributed by atoms with E-state index in [-0.39, 0.29) is 16.1 Å². The number of halogens is 2. The van der Waals surface area contributed by atoms with Crippen LogP contribution in [0.1, 0.15) is 22.8 Å². The van der Waals surface area contributed by atoms with Gasteiger partial charge in [0.05, 0.1) is 10.6 Å². The van der Waals surface area contributed by atoms with E-state index in [1.165, 1.54) is 17.8 Å². The average molecular weight is 295 g/mol. The zero-order chi connectivity index (χ0) is 13.8. The summed E-state index contributed by atoms with van der Waals surface area (Å²) in [6, 6.07) is 9.09. The first-order valence-electron chi connectivity index (χ1n) is 5.81. The number of carbonyl (C=O) groups excluding carboxylic acids is 1. The van der Waals surface area contributed by atoms with E-state index in [2.05, 4.69) is 17.2 Å². The third kappa shape index (κ3) is 3.46. The minimum absolute atomic E-state index is 0.232. The minimum Gasteiger partial charge on any atom is -0.322 e. The van der Waals surface area contributed by atoms with Gasteiger partial charge in [-0.1, -0.05) is 42.3 Å². The fourth-order valence-corrected chi connectivity index (χ4v) is 1.96. The molecule has 0 fully saturated rings. The first-order chi connectivity index (χ1) is 9.10. The Bertz CT molecular complexity index is 597. The van der Waals surface area contributed by atoms with Crippen LogP contribution in [0.15, 0.2) is 36.5 Å². The van der Waals surface area contributed by atoms with Crippen molar-refractivity contribution in [2.75, 3.05) is 5.32 Å². The number of hydrogen-bond acceptors (Lipinski definition) is 2. The van der Waals surface area contributed by atoms with Crippen LogP contribution in [0.2, 0.25) is 10.2 Å². The molecule has 19 heavy (non-hydrogen) atoms. The monoisotopic (exact) mass is 294 g/mol. The smallest absolute Gasteiger partial charge is 0.257 e. The molecule has 0 spiro atoms. The van der Waals surface area contributed by atoms with Crippen molar-refractivity contribution >= 4 is 34.8 Å². The molecule has 1 aromatic carbocycles. The second-order valence-corrected chi connectivity index (χ2v) is 4.79. The maximum absolute atomic E-state index is 12.1. The molecule has 0 saturated carbocycles. The molecule has 0 aliphatic rings. The van der Waals surface area contributed by atoms with Crippen molar-refractivity contribution in [1.82, 2.24) is 4.98 Å². The van der Waals surface area contributed by atoms with Crippen LogP contribution >= 0.6 is 23.2 Å². The lowest BCUT2D eigenvalue weighted by molar-refractivity contribution is 0.102. The molecule has 0 bridgehead atoms. The molecular weight excluding hydrogens is 283 g/mol. The Kier molecular flexibility index (Phi) is 4.40. The predicted molar refractivity (Wildman–Crippen MR) is 78.0 cm³/mol. The molecule has 2 rings (SSSR count). The lowest BCUT2D eigenvalue weighted by atomic mass is 10.1. The Hall–Kier alpha value is -1.58. The molecule has 1 amide bonds. The minimum atomic E-state index is -0.307. The molecule has 0 aliphatic carbocycles. The highest BCUT2D eigenvalue weighted by molar-refractivity contribution is 6.35. The number of aryl methyl sites for hydroxylation is 1. The van der Waals surface area contributed by atoms with Gasteiger partial charge in [-0.2, -0.15) is 0 Å². The quantitative estimate of drug-likeness (QED) is 0.862. The number of nitrogens with one attached hydrogen (secondary N) is 1. The molecule has 98 valence electrons. The van der Waals surface area contributed by atoms with Crippen LogP contribution in [0.3, 0.4) is 0 Å². The van der Waals surface area contributed by atoms with Crippen LogP contribution < -0.4 is 5.32 Å². The number of pyridine rings is 1. The number of carbonyl (C=O) groups is 1. The maximum atomic E-state index is 12.1.